The van der Waals surface area contributed by atoms with Crippen molar-refractivity contribution < 1.29 is 4.74 Å². The van der Waals surface area contributed by atoms with E-state index < -0.39 is 0 Å². The second-order valence-corrected chi connectivity index (χ2v) is 4.71. The van der Waals surface area contributed by atoms with Gasteiger partial charge in [0.05, 0.1) is 6.10 Å². The van der Waals surface area contributed by atoms with Gasteiger partial charge in [0.15, 0.2) is 5.96 Å². The Labute approximate surface area is 104 Å². The summed E-state index contributed by atoms with van der Waals surface area (Å²) in [5.41, 5.74) is 0. The molecule has 0 saturated carbocycles. The highest BCUT2D eigenvalue weighted by molar-refractivity contribution is 5.79. The van der Waals surface area contributed by atoms with Crippen LogP contribution >= 0.6 is 0 Å². The molecule has 0 aromatic carbocycles. The average Bonchev–Trinajstić information content (AvgIpc) is 2.78. The molecule has 17 heavy (non-hydrogen) atoms. The molecule has 1 unspecified atom stereocenters. The maximum Gasteiger partial charge on any atom is 0.191 e. The van der Waals surface area contributed by atoms with Gasteiger partial charge in [-0.1, -0.05) is 0 Å². The lowest BCUT2D eigenvalue weighted by Gasteiger charge is -2.30. The molecule has 2 N–H and O–H groups in total. The van der Waals surface area contributed by atoms with Crippen molar-refractivity contribution in [2.45, 2.75) is 25.4 Å². The lowest BCUT2D eigenvalue weighted by Crippen LogP contribution is -2.46. The summed E-state index contributed by atoms with van der Waals surface area (Å²) in [5, 5.41) is 6.65. The summed E-state index contributed by atoms with van der Waals surface area (Å²) in [6.45, 7) is 6.36. The Morgan fingerprint density at radius 2 is 2.24 bits per heavy atom. The van der Waals surface area contributed by atoms with Crippen molar-refractivity contribution in [3.63, 3.8) is 0 Å². The van der Waals surface area contributed by atoms with E-state index in [4.69, 9.17) is 4.74 Å². The van der Waals surface area contributed by atoms with E-state index in [1.807, 2.05) is 7.05 Å². The molecule has 5 nitrogen and oxygen atoms in total. The highest BCUT2D eigenvalue weighted by atomic mass is 16.5. The number of ether oxygens (including phenoxy) is 1. The van der Waals surface area contributed by atoms with E-state index in [0.717, 1.165) is 38.6 Å². The number of guanidine groups is 1. The number of likely N-dealkylation sites (tertiary alicyclic amines) is 1. The zero-order valence-corrected chi connectivity index (χ0v) is 10.7. The van der Waals surface area contributed by atoms with Gasteiger partial charge in [-0.3, -0.25) is 4.99 Å². The lowest BCUT2D eigenvalue weighted by atomic mass is 10.2. The van der Waals surface area contributed by atoms with Crippen LogP contribution in [0.5, 0.6) is 0 Å². The number of aliphatic imine (C=N–C) groups is 1. The quantitative estimate of drug-likeness (QED) is 0.526. The minimum atomic E-state index is 0.365. The fourth-order valence-corrected chi connectivity index (χ4v) is 2.17. The van der Waals surface area contributed by atoms with E-state index in [1.165, 1.54) is 25.9 Å². The maximum atomic E-state index is 5.56. The Hall–Kier alpha value is -0.810. The zero-order valence-electron chi connectivity index (χ0n) is 10.7. The minimum Gasteiger partial charge on any atom is -0.376 e. The van der Waals surface area contributed by atoms with E-state index in [9.17, 15) is 0 Å². The van der Waals surface area contributed by atoms with Crippen molar-refractivity contribution in [3.05, 3.63) is 0 Å². The number of rotatable bonds is 5. The molecule has 0 aromatic heterocycles. The Bertz CT molecular complexity index is 247. The monoisotopic (exact) mass is 240 g/mol. The molecule has 98 valence electrons. The first kappa shape index (κ1) is 12.6. The summed E-state index contributed by atoms with van der Waals surface area (Å²) in [6, 6.07) is 0. The first-order valence-electron chi connectivity index (χ1n) is 6.67. The highest BCUT2D eigenvalue weighted by Crippen LogP contribution is 2.10. The summed E-state index contributed by atoms with van der Waals surface area (Å²) in [7, 11) is 1.81. The van der Waals surface area contributed by atoms with E-state index in [1.54, 1.807) is 0 Å². The molecule has 2 heterocycles. The lowest BCUT2D eigenvalue weighted by molar-refractivity contribution is 0.113. The highest BCUT2D eigenvalue weighted by Gasteiger charge is 2.16. The van der Waals surface area contributed by atoms with Gasteiger partial charge in [0.1, 0.15) is 0 Å². The van der Waals surface area contributed by atoms with Crippen LogP contribution in [0.15, 0.2) is 4.99 Å². The molecular weight excluding hydrogens is 216 g/mol. The van der Waals surface area contributed by atoms with Crippen LogP contribution in [0.1, 0.15) is 19.3 Å². The Balaban J connectivity index is 1.55. The zero-order chi connectivity index (χ0) is 11.9. The van der Waals surface area contributed by atoms with Crippen molar-refractivity contribution in [2.75, 3.05) is 46.4 Å². The van der Waals surface area contributed by atoms with Crippen LogP contribution in [0.2, 0.25) is 0 Å². The molecule has 0 radical (unpaired) electrons. The smallest absolute Gasteiger partial charge is 0.191 e. The van der Waals surface area contributed by atoms with E-state index in [0.29, 0.717) is 6.10 Å². The number of nitrogens with zero attached hydrogens (tertiary/aromatic N) is 2. The van der Waals surface area contributed by atoms with Gasteiger partial charge in [0.2, 0.25) is 0 Å². The molecule has 2 fully saturated rings. The first-order valence-corrected chi connectivity index (χ1v) is 6.67. The number of hydrogen-bond acceptors (Lipinski definition) is 3. The Morgan fingerprint density at radius 3 is 2.82 bits per heavy atom. The SMILES string of the molecule is CN=C(NCCN1CCC1)NCC1CCCO1. The third-order valence-corrected chi connectivity index (χ3v) is 3.41. The Morgan fingerprint density at radius 1 is 1.35 bits per heavy atom. The van der Waals surface area contributed by atoms with Gasteiger partial charge >= 0.3 is 0 Å². The standard InChI is InChI=1S/C12H24N4O/c1-13-12(14-5-8-16-6-3-7-16)15-10-11-4-2-9-17-11/h11H,2-10H2,1H3,(H2,13,14,15). The second-order valence-electron chi connectivity index (χ2n) is 4.71. The summed E-state index contributed by atoms with van der Waals surface area (Å²) in [6.07, 6.45) is 4.07. The molecular formula is C12H24N4O. The van der Waals surface area contributed by atoms with E-state index >= 15 is 0 Å². The number of nitrogens with one attached hydrogen (secondary N) is 2. The third kappa shape index (κ3) is 4.16. The predicted molar refractivity (Wildman–Crippen MR) is 69.4 cm³/mol. The van der Waals surface area contributed by atoms with Gasteiger partial charge in [-0.25, -0.2) is 0 Å². The molecule has 2 aliphatic rings. The van der Waals surface area contributed by atoms with Gasteiger partial charge in [-0.05, 0) is 32.4 Å². The van der Waals surface area contributed by atoms with Crippen LogP contribution in [0, 0.1) is 0 Å². The van der Waals surface area contributed by atoms with Crippen LogP contribution in [0.3, 0.4) is 0 Å². The average molecular weight is 240 g/mol. The van der Waals surface area contributed by atoms with Crippen LogP contribution in [0.4, 0.5) is 0 Å². The summed E-state index contributed by atoms with van der Waals surface area (Å²) < 4.78 is 5.56. The maximum absolute atomic E-state index is 5.56. The molecule has 1 atom stereocenters. The first-order chi connectivity index (χ1) is 8.38. The normalized spacial score (nSPS) is 25.7. The summed E-state index contributed by atoms with van der Waals surface area (Å²) >= 11 is 0. The molecule has 0 spiro atoms. The third-order valence-electron chi connectivity index (χ3n) is 3.41. The molecule has 5 heteroatoms. The minimum absolute atomic E-state index is 0.365. The molecule has 0 amide bonds. The second kappa shape index (κ2) is 6.81. The summed E-state index contributed by atoms with van der Waals surface area (Å²) in [4.78, 5) is 6.65. The van der Waals surface area contributed by atoms with Crippen LogP contribution in [-0.4, -0.2) is 63.3 Å². The largest absolute Gasteiger partial charge is 0.376 e. The van der Waals surface area contributed by atoms with Crippen molar-refractivity contribution in [2.24, 2.45) is 4.99 Å². The molecule has 0 aliphatic carbocycles. The van der Waals surface area contributed by atoms with Crippen LogP contribution in [-0.2, 0) is 4.74 Å². The van der Waals surface area contributed by atoms with Gasteiger partial charge in [-0.15, -0.1) is 0 Å². The predicted octanol–water partition coefficient (Wildman–Crippen LogP) is 0.0361. The fraction of sp³-hybridized carbons (Fsp3) is 0.917. The summed E-state index contributed by atoms with van der Waals surface area (Å²) in [5.74, 6) is 0.890. The molecule has 2 saturated heterocycles. The van der Waals surface area contributed by atoms with Crippen LogP contribution in [0.25, 0.3) is 0 Å². The Kier molecular flexibility index (Phi) is 5.07. The van der Waals surface area contributed by atoms with Gasteiger partial charge in [0.25, 0.3) is 0 Å². The van der Waals surface area contributed by atoms with Crippen molar-refractivity contribution in [1.29, 1.82) is 0 Å². The molecule has 0 aromatic rings. The van der Waals surface area contributed by atoms with E-state index in [-0.39, 0.29) is 0 Å². The van der Waals surface area contributed by atoms with Crippen molar-refractivity contribution in [1.82, 2.24) is 15.5 Å². The van der Waals surface area contributed by atoms with E-state index in [2.05, 4.69) is 20.5 Å². The molecule has 0 bridgehead atoms. The van der Waals surface area contributed by atoms with Crippen molar-refractivity contribution in [3.8, 4) is 0 Å². The van der Waals surface area contributed by atoms with Crippen LogP contribution < -0.4 is 10.6 Å². The molecule has 2 aliphatic heterocycles. The fourth-order valence-electron chi connectivity index (χ4n) is 2.17. The van der Waals surface area contributed by atoms with Crippen molar-refractivity contribution >= 4 is 5.96 Å². The van der Waals surface area contributed by atoms with Gasteiger partial charge < -0.3 is 20.3 Å². The van der Waals surface area contributed by atoms with Gasteiger partial charge in [0, 0.05) is 33.3 Å². The van der Waals surface area contributed by atoms with Gasteiger partial charge in [-0.2, -0.15) is 0 Å². The topological polar surface area (TPSA) is 48.9 Å². The number of hydrogen-bond donors (Lipinski definition) is 2. The molecule has 2 rings (SSSR count).